The summed E-state index contributed by atoms with van der Waals surface area (Å²) in [6.45, 7) is 0. The van der Waals surface area contributed by atoms with Gasteiger partial charge in [0.2, 0.25) is 0 Å². The van der Waals surface area contributed by atoms with Gasteiger partial charge in [-0.2, -0.15) is 18.2 Å². The summed E-state index contributed by atoms with van der Waals surface area (Å²) in [4.78, 5) is 0. The molecule has 0 aromatic heterocycles. The largest absolute Gasteiger partial charge is 0.214 e. The van der Waals surface area contributed by atoms with Gasteiger partial charge < -0.3 is 0 Å². The Morgan fingerprint density at radius 2 is 0.875 bits per heavy atom. The fraction of sp³-hybridized carbons (Fsp3) is 0. The molecule has 152 valence electrons. The minimum atomic E-state index is 1.08. The SMILES string of the molecule is [Hf+2]=[C](c1ccccc1)c1ccccc1.c1cc[cH-]c1.c1ccc2c(c1)[cH-]c1ccccc12. The van der Waals surface area contributed by atoms with E-state index in [4.69, 9.17) is 0 Å². The molecule has 0 heterocycles. The Morgan fingerprint density at radius 3 is 1.28 bits per heavy atom. The van der Waals surface area contributed by atoms with Gasteiger partial charge in [0.15, 0.2) is 0 Å². The fourth-order valence-corrected chi connectivity index (χ4v) is 4.80. The second kappa shape index (κ2) is 11.5. The molecule has 0 spiro atoms. The van der Waals surface area contributed by atoms with E-state index in [-0.39, 0.29) is 0 Å². The molecule has 0 saturated carbocycles. The van der Waals surface area contributed by atoms with Crippen LogP contribution in [0.15, 0.2) is 146 Å². The van der Waals surface area contributed by atoms with Crippen molar-refractivity contribution < 1.29 is 23.9 Å². The molecule has 6 aromatic rings. The molecule has 0 unspecified atom stereocenters. The van der Waals surface area contributed by atoms with Gasteiger partial charge in [-0.1, -0.05) is 36.4 Å². The van der Waals surface area contributed by atoms with Gasteiger partial charge in [-0.25, -0.2) is 12.1 Å². The zero-order valence-electron chi connectivity index (χ0n) is 17.9. The number of fused-ring (bicyclic) bond motifs is 3. The number of hydrogen-bond donors (Lipinski definition) is 0. The maximum atomic E-state index is 2.24. The quantitative estimate of drug-likeness (QED) is 0.146. The zero-order valence-corrected chi connectivity index (χ0v) is 21.4. The van der Waals surface area contributed by atoms with Crippen molar-refractivity contribution in [1.29, 1.82) is 0 Å². The van der Waals surface area contributed by atoms with Crippen LogP contribution < -0.4 is 0 Å². The predicted molar refractivity (Wildman–Crippen MR) is 135 cm³/mol. The van der Waals surface area contributed by atoms with Crippen molar-refractivity contribution in [2.24, 2.45) is 0 Å². The zero-order chi connectivity index (χ0) is 22.0. The summed E-state index contributed by atoms with van der Waals surface area (Å²) >= 11 is 1.08. The average Bonchev–Trinajstić information content (AvgIpc) is 3.57. The van der Waals surface area contributed by atoms with Crippen LogP contribution in [0.5, 0.6) is 0 Å². The van der Waals surface area contributed by atoms with E-state index in [1.54, 1.807) is 0 Å². The molecule has 32 heavy (non-hydrogen) atoms. The van der Waals surface area contributed by atoms with Crippen LogP contribution in [0, 0.1) is 0 Å². The standard InChI is InChI=1S/C13H9.C13H10.C5H5.Hf/c1-3-7-12-10(5-1)9-11-6-2-4-8-13(11)12;1-3-7-12(8-4-1)11-13-9-5-2-6-10-13;1-2-4-5-3-1;/h1-9H;1-10H;1-5H;/q-1;;-1;+2. The van der Waals surface area contributed by atoms with E-state index in [2.05, 4.69) is 115 Å². The smallest absolute Gasteiger partial charge is 0.0771 e. The molecule has 0 nitrogen and oxygen atoms in total. The molecule has 0 aliphatic rings. The van der Waals surface area contributed by atoms with Crippen LogP contribution in [0.4, 0.5) is 0 Å². The monoisotopic (exact) mass is 576 g/mol. The molecule has 0 fully saturated rings. The molecule has 0 radical (unpaired) electrons. The van der Waals surface area contributed by atoms with Gasteiger partial charge in [0.05, 0.1) is 0 Å². The summed E-state index contributed by atoms with van der Waals surface area (Å²) < 4.78 is 1.46. The third-order valence-electron chi connectivity index (χ3n) is 5.20. The molecule has 6 rings (SSSR count). The van der Waals surface area contributed by atoms with Gasteiger partial charge >= 0.3 is 98.9 Å². The number of hydrogen-bond acceptors (Lipinski definition) is 0. The van der Waals surface area contributed by atoms with Crippen LogP contribution in [0.2, 0.25) is 0 Å². The first-order valence-corrected chi connectivity index (χ1v) is 12.5. The summed E-state index contributed by atoms with van der Waals surface area (Å²) in [5.74, 6) is 0. The third kappa shape index (κ3) is 5.75. The maximum absolute atomic E-state index is 2.24. The van der Waals surface area contributed by atoms with E-state index in [0.717, 1.165) is 23.9 Å². The first kappa shape index (κ1) is 22.0. The van der Waals surface area contributed by atoms with Crippen molar-refractivity contribution >= 4 is 24.8 Å². The first-order chi connectivity index (χ1) is 15.8. The molecule has 0 bridgehead atoms. The topological polar surface area (TPSA) is 0 Å². The molecule has 0 aliphatic heterocycles. The van der Waals surface area contributed by atoms with Crippen LogP contribution in [0.3, 0.4) is 0 Å². The maximum Gasteiger partial charge on any atom is -0.0771 e. The van der Waals surface area contributed by atoms with E-state index < -0.39 is 0 Å². The second-order valence-corrected chi connectivity index (χ2v) is 9.18. The number of benzene rings is 4. The molecular formula is C31H24Hf. The van der Waals surface area contributed by atoms with Crippen molar-refractivity contribution in [3.63, 3.8) is 0 Å². The normalized spacial score (nSPS) is 10.1. The Balaban J connectivity index is 0.000000127. The Bertz CT molecular complexity index is 1250. The second-order valence-electron chi connectivity index (χ2n) is 7.39. The Hall–Kier alpha value is -3.16. The summed E-state index contributed by atoms with van der Waals surface area (Å²) in [5.41, 5.74) is 2.70. The van der Waals surface area contributed by atoms with E-state index >= 15 is 0 Å². The molecule has 1 heteroatoms. The van der Waals surface area contributed by atoms with Crippen molar-refractivity contribution in [2.45, 2.75) is 0 Å². The molecule has 0 aliphatic carbocycles. The Kier molecular flexibility index (Phi) is 7.89. The molecule has 0 amide bonds. The summed E-state index contributed by atoms with van der Waals surface area (Å²) in [6, 6.07) is 50.5. The van der Waals surface area contributed by atoms with Crippen molar-refractivity contribution in [1.82, 2.24) is 0 Å². The third-order valence-corrected chi connectivity index (χ3v) is 7.28. The predicted octanol–water partition coefficient (Wildman–Crippen LogP) is 7.92. The van der Waals surface area contributed by atoms with Gasteiger partial charge in [0.25, 0.3) is 0 Å². The van der Waals surface area contributed by atoms with Crippen molar-refractivity contribution in [3.05, 3.63) is 157 Å². The summed E-state index contributed by atoms with van der Waals surface area (Å²) in [7, 11) is 0. The molecule has 6 aromatic carbocycles. The Morgan fingerprint density at radius 1 is 0.469 bits per heavy atom. The van der Waals surface area contributed by atoms with Crippen LogP contribution in [-0.4, -0.2) is 3.26 Å². The number of rotatable bonds is 2. The van der Waals surface area contributed by atoms with E-state index in [1.165, 1.54) is 35.9 Å². The average molecular weight is 575 g/mol. The molecule has 0 N–H and O–H groups in total. The molecule has 0 saturated heterocycles. The van der Waals surface area contributed by atoms with Crippen molar-refractivity contribution in [3.8, 4) is 0 Å². The van der Waals surface area contributed by atoms with Crippen molar-refractivity contribution in [2.75, 3.05) is 0 Å². The van der Waals surface area contributed by atoms with Crippen LogP contribution >= 0.6 is 0 Å². The van der Waals surface area contributed by atoms with Gasteiger partial charge in [-0.3, -0.25) is 0 Å². The molecular weight excluding hydrogens is 551 g/mol. The van der Waals surface area contributed by atoms with Crippen LogP contribution in [-0.2, 0) is 23.9 Å². The minimum absolute atomic E-state index is 1.08. The summed E-state index contributed by atoms with van der Waals surface area (Å²) in [5, 5.41) is 5.39. The van der Waals surface area contributed by atoms with Gasteiger partial charge in [-0.05, 0) is 0 Å². The van der Waals surface area contributed by atoms with E-state index in [0.29, 0.717) is 0 Å². The Labute approximate surface area is 204 Å². The van der Waals surface area contributed by atoms with Crippen LogP contribution in [0.1, 0.15) is 11.1 Å². The van der Waals surface area contributed by atoms with Gasteiger partial charge in [0.1, 0.15) is 0 Å². The van der Waals surface area contributed by atoms with Crippen LogP contribution in [0.25, 0.3) is 21.5 Å². The fourth-order valence-electron chi connectivity index (χ4n) is 3.60. The van der Waals surface area contributed by atoms with E-state index in [1.807, 2.05) is 30.3 Å². The van der Waals surface area contributed by atoms with Gasteiger partial charge in [-0.15, -0.1) is 39.7 Å². The van der Waals surface area contributed by atoms with Gasteiger partial charge in [0, 0.05) is 0 Å². The minimum Gasteiger partial charge on any atom is -0.214 e. The summed E-state index contributed by atoms with van der Waals surface area (Å²) in [6.07, 6.45) is 0. The van der Waals surface area contributed by atoms with E-state index in [9.17, 15) is 0 Å². The molecule has 0 atom stereocenters. The first-order valence-electron chi connectivity index (χ1n) is 10.7.